The minimum Gasteiger partial charge on any atom is -0.314 e. The molecular formula is C8H16N4O2S. The Bertz CT molecular complexity index is 424. The summed E-state index contributed by atoms with van der Waals surface area (Å²) < 4.78 is 26.1. The van der Waals surface area contributed by atoms with Gasteiger partial charge in [-0.3, -0.25) is 5.10 Å². The molecule has 0 atom stereocenters. The van der Waals surface area contributed by atoms with E-state index in [1.807, 2.05) is 0 Å². The van der Waals surface area contributed by atoms with Crippen molar-refractivity contribution in [2.24, 2.45) is 0 Å². The third kappa shape index (κ3) is 2.55. The molecule has 0 spiro atoms. The third-order valence-electron chi connectivity index (χ3n) is 1.91. The molecule has 0 saturated heterocycles. The zero-order valence-corrected chi connectivity index (χ0v) is 9.90. The number of aromatic amines is 1. The van der Waals surface area contributed by atoms with E-state index in [-0.39, 0.29) is 4.90 Å². The van der Waals surface area contributed by atoms with E-state index in [2.05, 4.69) is 20.2 Å². The van der Waals surface area contributed by atoms with Gasteiger partial charge < -0.3 is 5.32 Å². The molecule has 6 nitrogen and oxygen atoms in total. The molecule has 0 aliphatic rings. The maximum absolute atomic E-state index is 11.8. The molecule has 1 aromatic heterocycles. The number of rotatable bonds is 5. The molecule has 0 unspecified atom stereocenters. The molecule has 0 aromatic carbocycles. The van der Waals surface area contributed by atoms with Gasteiger partial charge >= 0.3 is 0 Å². The molecule has 0 saturated carbocycles. The lowest BCUT2D eigenvalue weighted by atomic mass is 10.4. The Morgan fingerprint density at radius 1 is 1.47 bits per heavy atom. The van der Waals surface area contributed by atoms with Crippen molar-refractivity contribution >= 4 is 10.0 Å². The van der Waals surface area contributed by atoms with Gasteiger partial charge in [-0.15, -0.1) is 0 Å². The minimum atomic E-state index is -3.43. The van der Waals surface area contributed by atoms with Crippen molar-refractivity contribution in [2.45, 2.75) is 25.3 Å². The quantitative estimate of drug-likeness (QED) is 0.652. The summed E-state index contributed by atoms with van der Waals surface area (Å²) in [7, 11) is -1.69. The first-order valence-electron chi connectivity index (χ1n) is 4.71. The van der Waals surface area contributed by atoms with E-state index in [1.165, 1.54) is 0 Å². The second kappa shape index (κ2) is 4.73. The number of nitrogens with one attached hydrogen (secondary N) is 3. The van der Waals surface area contributed by atoms with E-state index in [0.29, 0.717) is 24.5 Å². The molecule has 7 heteroatoms. The van der Waals surface area contributed by atoms with Crippen molar-refractivity contribution in [2.75, 3.05) is 13.6 Å². The van der Waals surface area contributed by atoms with Gasteiger partial charge in [0.2, 0.25) is 10.0 Å². The average molecular weight is 232 g/mol. The number of hydrogen-bond donors (Lipinski definition) is 3. The van der Waals surface area contributed by atoms with E-state index in [0.717, 1.165) is 0 Å². The highest BCUT2D eigenvalue weighted by molar-refractivity contribution is 7.89. The lowest BCUT2D eigenvalue weighted by Gasteiger charge is -2.05. The zero-order valence-electron chi connectivity index (χ0n) is 9.09. The summed E-state index contributed by atoms with van der Waals surface area (Å²) in [6.45, 7) is 4.22. The summed E-state index contributed by atoms with van der Waals surface area (Å²) in [5, 5.41) is 9.50. The van der Waals surface area contributed by atoms with E-state index in [9.17, 15) is 8.42 Å². The summed E-state index contributed by atoms with van der Waals surface area (Å²) in [5.74, 6) is 0. The van der Waals surface area contributed by atoms with Crippen molar-refractivity contribution < 1.29 is 8.42 Å². The second-order valence-electron chi connectivity index (χ2n) is 3.16. The molecule has 86 valence electrons. The fraction of sp³-hybridized carbons (Fsp3) is 0.625. The number of H-pyrrole nitrogens is 1. The van der Waals surface area contributed by atoms with Crippen molar-refractivity contribution in [3.63, 3.8) is 0 Å². The predicted octanol–water partition coefficient (Wildman–Crippen LogP) is -0.264. The second-order valence-corrected chi connectivity index (χ2v) is 4.86. The maximum Gasteiger partial charge on any atom is 0.244 e. The fourth-order valence-corrected chi connectivity index (χ4v) is 2.78. The predicted molar refractivity (Wildman–Crippen MR) is 57.0 cm³/mol. The van der Waals surface area contributed by atoms with Gasteiger partial charge in [0.1, 0.15) is 4.90 Å². The van der Waals surface area contributed by atoms with Crippen molar-refractivity contribution in [1.29, 1.82) is 0 Å². The fourth-order valence-electron chi connectivity index (χ4n) is 1.38. The molecular weight excluding hydrogens is 216 g/mol. The lowest BCUT2D eigenvalue weighted by Crippen LogP contribution is -2.25. The van der Waals surface area contributed by atoms with Crippen molar-refractivity contribution in [3.05, 3.63) is 11.4 Å². The number of hydrogen-bond acceptors (Lipinski definition) is 4. The average Bonchev–Trinajstić information content (AvgIpc) is 2.48. The monoisotopic (exact) mass is 232 g/mol. The van der Waals surface area contributed by atoms with Gasteiger partial charge in [0.25, 0.3) is 0 Å². The van der Waals surface area contributed by atoms with E-state index in [4.69, 9.17) is 0 Å². The number of aryl methyl sites for hydroxylation is 1. The largest absolute Gasteiger partial charge is 0.314 e. The highest BCUT2D eigenvalue weighted by Crippen LogP contribution is 2.16. The van der Waals surface area contributed by atoms with E-state index < -0.39 is 10.0 Å². The summed E-state index contributed by atoms with van der Waals surface area (Å²) in [6, 6.07) is 0. The highest BCUT2D eigenvalue weighted by atomic mass is 32.2. The van der Waals surface area contributed by atoms with Crippen LogP contribution in [0, 0.1) is 6.92 Å². The first kappa shape index (κ1) is 12.2. The van der Waals surface area contributed by atoms with Crippen LogP contribution in [0.3, 0.4) is 0 Å². The van der Waals surface area contributed by atoms with Crippen LogP contribution in [0.15, 0.2) is 4.90 Å². The van der Waals surface area contributed by atoms with Crippen molar-refractivity contribution in [3.8, 4) is 0 Å². The van der Waals surface area contributed by atoms with E-state index in [1.54, 1.807) is 20.9 Å². The molecule has 3 N–H and O–H groups in total. The summed E-state index contributed by atoms with van der Waals surface area (Å²) in [6.07, 6.45) is 0. The van der Waals surface area contributed by atoms with Crippen LogP contribution in [0.5, 0.6) is 0 Å². The Hall–Kier alpha value is -0.920. The van der Waals surface area contributed by atoms with Crippen LogP contribution < -0.4 is 10.0 Å². The Morgan fingerprint density at radius 3 is 2.67 bits per heavy atom. The molecule has 0 amide bonds. The molecule has 1 aromatic rings. The Labute approximate surface area is 89.5 Å². The normalized spacial score (nSPS) is 11.9. The van der Waals surface area contributed by atoms with Gasteiger partial charge in [0.15, 0.2) is 0 Å². The first-order valence-corrected chi connectivity index (χ1v) is 6.19. The molecule has 1 heterocycles. The molecule has 15 heavy (non-hydrogen) atoms. The van der Waals surface area contributed by atoms with Crippen LogP contribution in [0.25, 0.3) is 0 Å². The molecule has 0 aliphatic carbocycles. The minimum absolute atomic E-state index is 0.249. The topological polar surface area (TPSA) is 86.9 Å². The van der Waals surface area contributed by atoms with Crippen LogP contribution in [0.2, 0.25) is 0 Å². The molecule has 0 radical (unpaired) electrons. The van der Waals surface area contributed by atoms with E-state index >= 15 is 0 Å². The Balaban J connectivity index is 3.17. The van der Waals surface area contributed by atoms with Crippen LogP contribution in [-0.4, -0.2) is 32.2 Å². The summed E-state index contributed by atoms with van der Waals surface area (Å²) in [5.41, 5.74) is 1.07. The number of sulfonamides is 1. The first-order chi connectivity index (χ1) is 7.03. The standard InChI is InChI=1S/C8H16N4O2S/c1-4-10-15(13,14)8-6(2)11-12-7(8)5-9-3/h9-10H,4-5H2,1-3H3,(H,11,12). The Morgan fingerprint density at radius 2 is 2.13 bits per heavy atom. The van der Waals surface area contributed by atoms with Crippen LogP contribution in [-0.2, 0) is 16.6 Å². The Kier molecular flexibility index (Phi) is 3.83. The lowest BCUT2D eigenvalue weighted by molar-refractivity contribution is 0.581. The SMILES string of the molecule is CCNS(=O)(=O)c1c(CNC)n[nH]c1C. The van der Waals surface area contributed by atoms with Gasteiger partial charge in [-0.2, -0.15) is 5.10 Å². The maximum atomic E-state index is 11.8. The van der Waals surface area contributed by atoms with Gasteiger partial charge in [0, 0.05) is 13.1 Å². The molecule has 0 bridgehead atoms. The van der Waals surface area contributed by atoms with Gasteiger partial charge in [-0.1, -0.05) is 6.92 Å². The summed E-state index contributed by atoms with van der Waals surface area (Å²) >= 11 is 0. The smallest absolute Gasteiger partial charge is 0.244 e. The zero-order chi connectivity index (χ0) is 11.5. The van der Waals surface area contributed by atoms with Crippen molar-refractivity contribution in [1.82, 2.24) is 20.2 Å². The van der Waals surface area contributed by atoms with Gasteiger partial charge in [0.05, 0.1) is 11.4 Å². The number of aromatic nitrogens is 2. The molecule has 0 fully saturated rings. The summed E-state index contributed by atoms with van der Waals surface area (Å²) in [4.78, 5) is 0.249. The van der Waals surface area contributed by atoms with Crippen LogP contribution >= 0.6 is 0 Å². The molecule has 0 aliphatic heterocycles. The number of nitrogens with zero attached hydrogens (tertiary/aromatic N) is 1. The molecule has 1 rings (SSSR count). The highest BCUT2D eigenvalue weighted by Gasteiger charge is 2.22. The van der Waals surface area contributed by atoms with Gasteiger partial charge in [-0.05, 0) is 14.0 Å². The third-order valence-corrected chi connectivity index (χ3v) is 3.66. The van der Waals surface area contributed by atoms with Crippen LogP contribution in [0.4, 0.5) is 0 Å². The van der Waals surface area contributed by atoms with Crippen LogP contribution in [0.1, 0.15) is 18.3 Å². The van der Waals surface area contributed by atoms with Gasteiger partial charge in [-0.25, -0.2) is 13.1 Å².